The Labute approximate surface area is 272 Å². The van der Waals surface area contributed by atoms with Crippen molar-refractivity contribution in [1.29, 1.82) is 0 Å². The number of thiophene rings is 1. The molecule has 0 aliphatic heterocycles. The highest BCUT2D eigenvalue weighted by molar-refractivity contribution is 7.25. The quantitative estimate of drug-likeness (QED) is 0.189. The fourth-order valence-electron chi connectivity index (χ4n) is 6.65. The van der Waals surface area contributed by atoms with E-state index in [1.54, 1.807) is 0 Å². The maximum atomic E-state index is 2.36. The average Bonchev–Trinajstić information content (AvgIpc) is 3.49. The highest BCUT2D eigenvalue weighted by Gasteiger charge is 2.14. The Balaban J connectivity index is 1.06. The number of rotatable bonds is 5. The summed E-state index contributed by atoms with van der Waals surface area (Å²) in [5.74, 6) is 0. The lowest BCUT2D eigenvalue weighted by molar-refractivity contribution is 1.28. The van der Waals surface area contributed by atoms with Crippen molar-refractivity contribution in [2.45, 2.75) is 0 Å². The van der Waals surface area contributed by atoms with Gasteiger partial charge in [0.25, 0.3) is 0 Å². The molecule has 0 radical (unpaired) electrons. The normalized spacial score (nSPS) is 11.5. The summed E-state index contributed by atoms with van der Waals surface area (Å²) in [6.07, 6.45) is 0. The molecule has 1 heterocycles. The zero-order valence-corrected chi connectivity index (χ0v) is 25.9. The van der Waals surface area contributed by atoms with Crippen molar-refractivity contribution in [3.05, 3.63) is 176 Å². The van der Waals surface area contributed by atoms with Gasteiger partial charge in [-0.05, 0) is 111 Å². The molecule has 0 N–H and O–H groups in total. The van der Waals surface area contributed by atoms with Crippen molar-refractivity contribution in [2.75, 3.05) is 4.90 Å². The van der Waals surface area contributed by atoms with Crippen LogP contribution in [0.15, 0.2) is 176 Å². The summed E-state index contributed by atoms with van der Waals surface area (Å²) in [6, 6.07) is 63.9. The first-order chi connectivity index (χ1) is 22.8. The summed E-state index contributed by atoms with van der Waals surface area (Å²) in [7, 11) is 0. The number of para-hydroxylation sites is 1. The van der Waals surface area contributed by atoms with Crippen molar-refractivity contribution in [1.82, 2.24) is 0 Å². The van der Waals surface area contributed by atoms with Gasteiger partial charge in [-0.25, -0.2) is 0 Å². The van der Waals surface area contributed by atoms with Gasteiger partial charge >= 0.3 is 0 Å². The van der Waals surface area contributed by atoms with E-state index in [2.05, 4.69) is 181 Å². The van der Waals surface area contributed by atoms with Crippen LogP contribution >= 0.6 is 11.3 Å². The number of hydrogen-bond donors (Lipinski definition) is 0. The lowest BCUT2D eigenvalue weighted by atomic mass is 9.99. The van der Waals surface area contributed by atoms with Gasteiger partial charge in [0, 0.05) is 37.2 Å². The average molecular weight is 604 g/mol. The standard InChI is InChI=1S/C44H29NS/c1-2-10-38(11-3-1)45(39-22-18-31(19-23-39)34-15-14-30-8-4-5-9-33(30)26-34)40-24-20-32(21-25-40)35-16-17-36-29-44-42(28-37(36)27-35)41-12-6-7-13-43(41)46-44/h1-29H. The van der Waals surface area contributed by atoms with E-state index in [4.69, 9.17) is 0 Å². The smallest absolute Gasteiger partial charge is 0.0462 e. The van der Waals surface area contributed by atoms with E-state index in [-0.39, 0.29) is 0 Å². The molecule has 8 aromatic carbocycles. The van der Waals surface area contributed by atoms with Crippen LogP contribution in [0, 0.1) is 0 Å². The van der Waals surface area contributed by atoms with Crippen molar-refractivity contribution < 1.29 is 0 Å². The molecule has 0 atom stereocenters. The van der Waals surface area contributed by atoms with E-state index in [1.807, 2.05) is 11.3 Å². The lowest BCUT2D eigenvalue weighted by Gasteiger charge is -2.26. The Bertz CT molecular complexity index is 2510. The molecule has 1 aromatic heterocycles. The van der Waals surface area contributed by atoms with Gasteiger partial charge < -0.3 is 4.90 Å². The number of hydrogen-bond acceptors (Lipinski definition) is 2. The summed E-state index contributed by atoms with van der Waals surface area (Å²) in [5.41, 5.74) is 8.25. The molecule has 0 aliphatic rings. The van der Waals surface area contributed by atoms with E-state index >= 15 is 0 Å². The van der Waals surface area contributed by atoms with Crippen molar-refractivity contribution in [3.8, 4) is 22.3 Å². The van der Waals surface area contributed by atoms with Gasteiger partial charge in [-0.2, -0.15) is 0 Å². The SMILES string of the molecule is c1ccc(N(c2ccc(-c3ccc4ccccc4c3)cc2)c2ccc(-c3ccc4cc5sc6ccccc6c5cc4c3)cc2)cc1. The predicted octanol–water partition coefficient (Wildman–Crippen LogP) is 13.2. The van der Waals surface area contributed by atoms with Gasteiger partial charge in [0.15, 0.2) is 0 Å². The van der Waals surface area contributed by atoms with Gasteiger partial charge in [-0.3, -0.25) is 0 Å². The minimum absolute atomic E-state index is 1.13. The first kappa shape index (κ1) is 26.7. The molecule has 2 heteroatoms. The van der Waals surface area contributed by atoms with Crippen LogP contribution in [-0.4, -0.2) is 0 Å². The molecule has 1 nitrogen and oxygen atoms in total. The largest absolute Gasteiger partial charge is 0.311 e. The molecule has 0 spiro atoms. The van der Waals surface area contributed by atoms with Crippen molar-refractivity contribution in [3.63, 3.8) is 0 Å². The maximum absolute atomic E-state index is 2.36. The number of anilines is 3. The Morgan fingerprint density at radius 1 is 0.304 bits per heavy atom. The summed E-state index contributed by atoms with van der Waals surface area (Å²) < 4.78 is 2.69. The monoisotopic (exact) mass is 603 g/mol. The number of nitrogens with zero attached hydrogens (tertiary/aromatic N) is 1. The van der Waals surface area contributed by atoms with Crippen molar-refractivity contribution >= 4 is 70.1 Å². The summed E-state index contributed by atoms with van der Waals surface area (Å²) in [5, 5.41) is 7.75. The molecule has 9 rings (SSSR count). The molecule has 0 saturated carbocycles. The van der Waals surface area contributed by atoms with E-state index in [0.29, 0.717) is 0 Å². The molecular formula is C44H29NS. The van der Waals surface area contributed by atoms with Gasteiger partial charge in [-0.15, -0.1) is 11.3 Å². The second kappa shape index (κ2) is 11.0. The third kappa shape index (κ3) is 4.72. The van der Waals surface area contributed by atoms with Crippen LogP contribution in [0.3, 0.4) is 0 Å². The Morgan fingerprint density at radius 2 is 0.826 bits per heavy atom. The van der Waals surface area contributed by atoms with Gasteiger partial charge in [0.05, 0.1) is 0 Å². The molecule has 0 aliphatic carbocycles. The Hall–Kier alpha value is -5.70. The number of fused-ring (bicyclic) bond motifs is 5. The second-order valence-corrected chi connectivity index (χ2v) is 12.9. The minimum Gasteiger partial charge on any atom is -0.311 e. The summed E-state index contributed by atoms with van der Waals surface area (Å²) in [6.45, 7) is 0. The minimum atomic E-state index is 1.13. The Morgan fingerprint density at radius 3 is 1.54 bits per heavy atom. The predicted molar refractivity (Wildman–Crippen MR) is 200 cm³/mol. The van der Waals surface area contributed by atoms with E-state index in [1.165, 1.54) is 64.0 Å². The van der Waals surface area contributed by atoms with Crippen LogP contribution in [0.5, 0.6) is 0 Å². The molecule has 0 saturated heterocycles. The second-order valence-electron chi connectivity index (χ2n) is 11.8. The number of benzene rings is 8. The van der Waals surface area contributed by atoms with E-state index < -0.39 is 0 Å². The molecular weight excluding hydrogens is 575 g/mol. The van der Waals surface area contributed by atoms with E-state index in [9.17, 15) is 0 Å². The van der Waals surface area contributed by atoms with Gasteiger partial charge in [-0.1, -0.05) is 109 Å². The zero-order valence-electron chi connectivity index (χ0n) is 25.1. The third-order valence-corrected chi connectivity index (χ3v) is 10.2. The van der Waals surface area contributed by atoms with Crippen LogP contribution in [0.25, 0.3) is 64.0 Å². The molecule has 0 amide bonds. The summed E-state index contributed by atoms with van der Waals surface area (Å²) in [4.78, 5) is 2.33. The highest BCUT2D eigenvalue weighted by atomic mass is 32.1. The first-order valence-corrected chi connectivity index (χ1v) is 16.5. The van der Waals surface area contributed by atoms with Crippen LogP contribution in [0.4, 0.5) is 17.1 Å². The van der Waals surface area contributed by atoms with Crippen LogP contribution in [0.1, 0.15) is 0 Å². The van der Waals surface area contributed by atoms with Crippen LogP contribution in [0.2, 0.25) is 0 Å². The first-order valence-electron chi connectivity index (χ1n) is 15.7. The molecule has 46 heavy (non-hydrogen) atoms. The topological polar surface area (TPSA) is 3.24 Å². The molecule has 9 aromatic rings. The lowest BCUT2D eigenvalue weighted by Crippen LogP contribution is -2.09. The molecule has 0 fully saturated rings. The molecule has 216 valence electrons. The van der Waals surface area contributed by atoms with Gasteiger partial charge in [0.2, 0.25) is 0 Å². The van der Waals surface area contributed by atoms with E-state index in [0.717, 1.165) is 17.1 Å². The van der Waals surface area contributed by atoms with Crippen LogP contribution in [-0.2, 0) is 0 Å². The fraction of sp³-hybridized carbons (Fsp3) is 0. The molecule has 0 unspecified atom stereocenters. The zero-order chi connectivity index (χ0) is 30.5. The van der Waals surface area contributed by atoms with Crippen LogP contribution < -0.4 is 4.90 Å². The third-order valence-electron chi connectivity index (χ3n) is 9.02. The van der Waals surface area contributed by atoms with Gasteiger partial charge in [0.1, 0.15) is 0 Å². The highest BCUT2D eigenvalue weighted by Crippen LogP contribution is 2.39. The Kier molecular flexibility index (Phi) is 6.40. The molecule has 0 bridgehead atoms. The maximum Gasteiger partial charge on any atom is 0.0462 e. The fourth-order valence-corrected chi connectivity index (χ4v) is 7.78. The van der Waals surface area contributed by atoms with Crippen molar-refractivity contribution in [2.24, 2.45) is 0 Å². The summed E-state index contributed by atoms with van der Waals surface area (Å²) >= 11 is 1.87.